The van der Waals surface area contributed by atoms with Crippen LogP contribution in [-0.4, -0.2) is 32.5 Å². The molecule has 0 atom stereocenters. The van der Waals surface area contributed by atoms with E-state index in [-0.39, 0.29) is 10.8 Å². The number of hydrogen-bond acceptors (Lipinski definition) is 6. The Hall–Kier alpha value is -3.59. The van der Waals surface area contributed by atoms with E-state index in [9.17, 15) is 13.2 Å². The summed E-state index contributed by atoms with van der Waals surface area (Å²) >= 11 is 0. The van der Waals surface area contributed by atoms with Crippen LogP contribution in [0.15, 0.2) is 71.9 Å². The Morgan fingerprint density at radius 2 is 1.77 bits per heavy atom. The van der Waals surface area contributed by atoms with Gasteiger partial charge in [-0.05, 0) is 48.0 Å². The summed E-state index contributed by atoms with van der Waals surface area (Å²) in [4.78, 5) is 16.4. The number of nitrogens with one attached hydrogen (secondary N) is 2. The van der Waals surface area contributed by atoms with Crippen molar-refractivity contribution >= 4 is 21.6 Å². The molecule has 2 heterocycles. The van der Waals surface area contributed by atoms with Crippen LogP contribution in [-0.2, 0) is 16.6 Å². The number of nitrogens with zero attached hydrogens (tertiary/aromatic N) is 1. The quantitative estimate of drug-likeness (QED) is 0.612. The second-order valence-corrected chi connectivity index (χ2v) is 8.57. The summed E-state index contributed by atoms with van der Waals surface area (Å²) in [5, 5.41) is 2.80. The van der Waals surface area contributed by atoms with Gasteiger partial charge in [0.15, 0.2) is 11.5 Å². The van der Waals surface area contributed by atoms with E-state index in [4.69, 9.17) is 9.47 Å². The van der Waals surface area contributed by atoms with Crippen molar-refractivity contribution < 1.29 is 22.7 Å². The number of ether oxygens (including phenoxy) is 2. The Morgan fingerprint density at radius 3 is 2.52 bits per heavy atom. The highest BCUT2D eigenvalue weighted by Crippen LogP contribution is 2.32. The van der Waals surface area contributed by atoms with E-state index in [1.165, 1.54) is 12.1 Å². The molecular formula is C22H21N3O5S. The lowest BCUT2D eigenvalue weighted by Gasteiger charge is -2.12. The SMILES string of the molecule is O=C(NCc1cccnc1)c1ccc(NS(=O)(=O)c2ccc3c(c2)OCCCO3)cc1. The van der Waals surface area contributed by atoms with Gasteiger partial charge < -0.3 is 14.8 Å². The molecule has 1 amide bonds. The Morgan fingerprint density at radius 1 is 1.00 bits per heavy atom. The monoisotopic (exact) mass is 439 g/mol. The molecule has 0 fully saturated rings. The van der Waals surface area contributed by atoms with Gasteiger partial charge in [-0.25, -0.2) is 8.42 Å². The molecule has 4 rings (SSSR count). The van der Waals surface area contributed by atoms with E-state index in [0.29, 0.717) is 42.5 Å². The van der Waals surface area contributed by atoms with Crippen molar-refractivity contribution in [2.75, 3.05) is 17.9 Å². The number of aromatic nitrogens is 1. The smallest absolute Gasteiger partial charge is 0.262 e. The van der Waals surface area contributed by atoms with Gasteiger partial charge in [0.2, 0.25) is 0 Å². The highest BCUT2D eigenvalue weighted by Gasteiger charge is 2.19. The number of hydrogen-bond donors (Lipinski definition) is 2. The summed E-state index contributed by atoms with van der Waals surface area (Å²) < 4.78 is 39.1. The molecule has 160 valence electrons. The first-order chi connectivity index (χ1) is 15.0. The molecule has 1 aromatic heterocycles. The maximum Gasteiger partial charge on any atom is 0.262 e. The van der Waals surface area contributed by atoms with Crippen molar-refractivity contribution in [1.82, 2.24) is 10.3 Å². The van der Waals surface area contributed by atoms with Crippen molar-refractivity contribution in [2.24, 2.45) is 0 Å². The lowest BCUT2D eigenvalue weighted by atomic mass is 10.2. The van der Waals surface area contributed by atoms with Crippen LogP contribution in [0.4, 0.5) is 5.69 Å². The summed E-state index contributed by atoms with van der Waals surface area (Å²) in [5.41, 5.74) is 1.65. The fraction of sp³-hybridized carbons (Fsp3) is 0.182. The molecule has 31 heavy (non-hydrogen) atoms. The zero-order valence-electron chi connectivity index (χ0n) is 16.6. The van der Waals surface area contributed by atoms with E-state index in [1.807, 2.05) is 6.07 Å². The van der Waals surface area contributed by atoms with Crippen LogP contribution in [0.1, 0.15) is 22.3 Å². The number of carbonyl (C=O) groups is 1. The van der Waals surface area contributed by atoms with E-state index < -0.39 is 10.0 Å². The average molecular weight is 439 g/mol. The van der Waals surface area contributed by atoms with E-state index in [1.54, 1.807) is 48.8 Å². The molecule has 0 saturated heterocycles. The molecule has 3 aromatic rings. The summed E-state index contributed by atoms with van der Waals surface area (Å²) in [6.07, 6.45) is 4.08. The normalized spacial score (nSPS) is 13.2. The topological polar surface area (TPSA) is 107 Å². The molecular weight excluding hydrogens is 418 g/mol. The van der Waals surface area contributed by atoms with Crippen LogP contribution >= 0.6 is 0 Å². The zero-order valence-corrected chi connectivity index (χ0v) is 17.4. The van der Waals surface area contributed by atoms with Gasteiger partial charge >= 0.3 is 0 Å². The summed E-state index contributed by atoms with van der Waals surface area (Å²) in [6.45, 7) is 1.35. The van der Waals surface area contributed by atoms with Gasteiger partial charge in [-0.15, -0.1) is 0 Å². The van der Waals surface area contributed by atoms with Crippen LogP contribution < -0.4 is 19.5 Å². The van der Waals surface area contributed by atoms with E-state index >= 15 is 0 Å². The minimum Gasteiger partial charge on any atom is -0.490 e. The van der Waals surface area contributed by atoms with Crippen molar-refractivity contribution in [3.8, 4) is 11.5 Å². The highest BCUT2D eigenvalue weighted by molar-refractivity contribution is 7.92. The molecule has 9 heteroatoms. The maximum absolute atomic E-state index is 12.8. The van der Waals surface area contributed by atoms with Crippen molar-refractivity contribution in [1.29, 1.82) is 0 Å². The molecule has 0 radical (unpaired) electrons. The number of sulfonamides is 1. The van der Waals surface area contributed by atoms with E-state index in [0.717, 1.165) is 12.0 Å². The molecule has 2 aromatic carbocycles. The van der Waals surface area contributed by atoms with Crippen LogP contribution in [0.25, 0.3) is 0 Å². The third-order valence-electron chi connectivity index (χ3n) is 4.60. The third kappa shape index (κ3) is 5.13. The van der Waals surface area contributed by atoms with Gasteiger partial charge in [0.25, 0.3) is 15.9 Å². The Bertz CT molecular complexity index is 1170. The summed E-state index contributed by atoms with van der Waals surface area (Å²) in [7, 11) is -3.83. The van der Waals surface area contributed by atoms with Gasteiger partial charge in [-0.3, -0.25) is 14.5 Å². The largest absolute Gasteiger partial charge is 0.490 e. The number of carbonyl (C=O) groups excluding carboxylic acids is 1. The molecule has 0 aliphatic carbocycles. The number of fused-ring (bicyclic) bond motifs is 1. The first kappa shape index (κ1) is 20.7. The minimum absolute atomic E-state index is 0.0649. The van der Waals surface area contributed by atoms with Gasteiger partial charge in [0.1, 0.15) is 0 Å². The molecule has 0 bridgehead atoms. The minimum atomic E-state index is -3.83. The predicted molar refractivity (Wildman–Crippen MR) is 115 cm³/mol. The summed E-state index contributed by atoms with van der Waals surface area (Å²) in [6, 6.07) is 14.4. The maximum atomic E-state index is 12.8. The number of pyridine rings is 1. The average Bonchev–Trinajstić information content (AvgIpc) is 3.03. The Labute approximate surface area is 180 Å². The number of rotatable bonds is 6. The molecule has 0 unspecified atom stereocenters. The molecule has 1 aliphatic heterocycles. The first-order valence-corrected chi connectivity index (χ1v) is 11.2. The van der Waals surface area contributed by atoms with Gasteiger partial charge in [-0.2, -0.15) is 0 Å². The fourth-order valence-electron chi connectivity index (χ4n) is 3.00. The van der Waals surface area contributed by atoms with Crippen LogP contribution in [0, 0.1) is 0 Å². The molecule has 8 nitrogen and oxygen atoms in total. The predicted octanol–water partition coefficient (Wildman–Crippen LogP) is 2.97. The first-order valence-electron chi connectivity index (χ1n) is 9.71. The van der Waals surface area contributed by atoms with E-state index in [2.05, 4.69) is 15.0 Å². The molecule has 0 spiro atoms. The van der Waals surface area contributed by atoms with Crippen molar-refractivity contribution in [2.45, 2.75) is 17.9 Å². The van der Waals surface area contributed by atoms with Crippen molar-refractivity contribution in [3.63, 3.8) is 0 Å². The van der Waals surface area contributed by atoms with Gasteiger partial charge in [-0.1, -0.05) is 6.07 Å². The number of anilines is 1. The standard InChI is InChI=1S/C22H21N3O5S/c26-22(24-15-16-3-1-10-23-14-16)17-4-6-18(7-5-17)25-31(27,28)19-8-9-20-21(13-19)30-12-2-11-29-20/h1,3-10,13-14,25H,2,11-12,15H2,(H,24,26). The Kier molecular flexibility index (Phi) is 6.03. The molecule has 0 saturated carbocycles. The summed E-state index contributed by atoms with van der Waals surface area (Å²) in [5.74, 6) is 0.667. The van der Waals surface area contributed by atoms with Crippen LogP contribution in [0.5, 0.6) is 11.5 Å². The number of amides is 1. The van der Waals surface area contributed by atoms with Crippen molar-refractivity contribution in [3.05, 3.63) is 78.1 Å². The van der Waals surface area contributed by atoms with Crippen LogP contribution in [0.3, 0.4) is 0 Å². The van der Waals surface area contributed by atoms with Gasteiger partial charge in [0, 0.05) is 42.7 Å². The Balaban J connectivity index is 1.42. The second-order valence-electron chi connectivity index (χ2n) is 6.89. The lowest BCUT2D eigenvalue weighted by Crippen LogP contribution is -2.22. The third-order valence-corrected chi connectivity index (χ3v) is 5.98. The fourth-order valence-corrected chi connectivity index (χ4v) is 4.08. The number of benzene rings is 2. The van der Waals surface area contributed by atoms with Gasteiger partial charge in [0.05, 0.1) is 18.1 Å². The lowest BCUT2D eigenvalue weighted by molar-refractivity contribution is 0.0951. The molecule has 2 N–H and O–H groups in total. The zero-order chi connectivity index (χ0) is 21.7. The highest BCUT2D eigenvalue weighted by atomic mass is 32.2. The molecule has 1 aliphatic rings. The second kappa shape index (κ2) is 9.05. The van der Waals surface area contributed by atoms with Crippen LogP contribution in [0.2, 0.25) is 0 Å².